The normalized spacial score (nSPS) is 14.1. The van der Waals surface area contributed by atoms with Gasteiger partial charge in [0.15, 0.2) is 5.17 Å². The quantitative estimate of drug-likeness (QED) is 0.200. The molecule has 0 saturated heterocycles. The van der Waals surface area contributed by atoms with Gasteiger partial charge in [-0.3, -0.25) is 19.2 Å². The maximum absolute atomic E-state index is 13.2. The van der Waals surface area contributed by atoms with E-state index < -0.39 is 5.97 Å². The van der Waals surface area contributed by atoms with Crippen LogP contribution in [-0.4, -0.2) is 70.3 Å². The number of benzene rings is 1. The van der Waals surface area contributed by atoms with Gasteiger partial charge in [-0.25, -0.2) is 9.79 Å². The third kappa shape index (κ3) is 6.87. The van der Waals surface area contributed by atoms with Gasteiger partial charge in [0.05, 0.1) is 18.1 Å². The van der Waals surface area contributed by atoms with Crippen LogP contribution in [0.15, 0.2) is 52.6 Å². The molecule has 1 aromatic carbocycles. The summed E-state index contributed by atoms with van der Waals surface area (Å²) >= 11 is 2.43. The molecule has 0 aliphatic carbocycles. The number of amides is 2. The molecule has 10 nitrogen and oxygen atoms in total. The first-order valence-corrected chi connectivity index (χ1v) is 14.6. The summed E-state index contributed by atoms with van der Waals surface area (Å²) in [6.07, 6.45) is 4.16. The van der Waals surface area contributed by atoms with Crippen molar-refractivity contribution in [3.8, 4) is 11.1 Å². The van der Waals surface area contributed by atoms with E-state index in [1.54, 1.807) is 29.7 Å². The molecule has 1 aliphatic heterocycles. The molecule has 0 saturated carbocycles. The molecule has 210 valence electrons. The molecule has 0 unspecified atom stereocenters. The van der Waals surface area contributed by atoms with Crippen molar-refractivity contribution in [2.75, 3.05) is 37.9 Å². The average Bonchev–Trinajstić information content (AvgIpc) is 3.59. The van der Waals surface area contributed by atoms with Crippen molar-refractivity contribution in [2.45, 2.75) is 20.3 Å². The number of thioether (sulfide) groups is 1. The number of hydrogen-bond donors (Lipinski definition) is 1. The van der Waals surface area contributed by atoms with Gasteiger partial charge in [-0.2, -0.15) is 5.10 Å². The van der Waals surface area contributed by atoms with E-state index >= 15 is 0 Å². The van der Waals surface area contributed by atoms with Crippen LogP contribution in [0.1, 0.15) is 35.0 Å². The van der Waals surface area contributed by atoms with E-state index in [4.69, 9.17) is 9.47 Å². The van der Waals surface area contributed by atoms with Crippen LogP contribution in [0.4, 0.5) is 5.00 Å². The lowest BCUT2D eigenvalue weighted by Crippen LogP contribution is -2.32. The number of aryl methyl sites for hydroxylation is 2. The lowest BCUT2D eigenvalue weighted by molar-refractivity contribution is -0.122. The summed E-state index contributed by atoms with van der Waals surface area (Å²) in [5.74, 6) is -1.07. The van der Waals surface area contributed by atoms with Crippen molar-refractivity contribution in [1.29, 1.82) is 0 Å². The summed E-state index contributed by atoms with van der Waals surface area (Å²) < 4.78 is 12.1. The third-order valence-corrected chi connectivity index (χ3v) is 7.80. The highest BCUT2D eigenvalue weighted by Gasteiger charge is 2.31. The Labute approximate surface area is 241 Å². The van der Waals surface area contributed by atoms with Crippen molar-refractivity contribution < 1.29 is 23.9 Å². The summed E-state index contributed by atoms with van der Waals surface area (Å²) in [7, 11) is 3.42. The van der Waals surface area contributed by atoms with Crippen molar-refractivity contribution in [1.82, 2.24) is 14.7 Å². The van der Waals surface area contributed by atoms with E-state index in [2.05, 4.69) is 15.4 Å². The van der Waals surface area contributed by atoms with Crippen LogP contribution in [0.3, 0.4) is 0 Å². The molecule has 4 rings (SSSR count). The predicted octanol–water partition coefficient (Wildman–Crippen LogP) is 4.58. The van der Waals surface area contributed by atoms with Crippen LogP contribution in [0.5, 0.6) is 0 Å². The Morgan fingerprint density at radius 1 is 1.23 bits per heavy atom. The molecule has 2 amide bonds. The van der Waals surface area contributed by atoms with Gasteiger partial charge in [-0.05, 0) is 31.9 Å². The zero-order chi connectivity index (χ0) is 28.6. The Bertz CT molecular complexity index is 1440. The number of nitrogens with zero attached hydrogens (tertiary/aromatic N) is 4. The summed E-state index contributed by atoms with van der Waals surface area (Å²) in [6.45, 7) is 4.71. The lowest BCUT2D eigenvalue weighted by atomic mass is 10.0. The Morgan fingerprint density at radius 2 is 2.00 bits per heavy atom. The molecule has 3 heterocycles. The molecule has 0 fully saturated rings. The Kier molecular flexibility index (Phi) is 9.91. The topological polar surface area (TPSA) is 115 Å². The van der Waals surface area contributed by atoms with Crippen LogP contribution in [-0.2, 0) is 26.1 Å². The molecule has 1 N–H and O–H groups in total. The van der Waals surface area contributed by atoms with Gasteiger partial charge in [0.1, 0.15) is 16.3 Å². The van der Waals surface area contributed by atoms with Crippen molar-refractivity contribution in [3.63, 3.8) is 0 Å². The molecule has 12 heteroatoms. The highest BCUT2D eigenvalue weighted by atomic mass is 32.2. The average molecular weight is 582 g/mol. The van der Waals surface area contributed by atoms with Gasteiger partial charge in [-0.15, -0.1) is 11.3 Å². The maximum Gasteiger partial charge on any atom is 0.341 e. The number of amidine groups is 1. The van der Waals surface area contributed by atoms with Crippen LogP contribution >= 0.6 is 23.1 Å². The minimum atomic E-state index is -0.499. The molecule has 0 spiro atoms. The first-order valence-electron chi connectivity index (χ1n) is 12.7. The zero-order valence-corrected chi connectivity index (χ0v) is 24.4. The summed E-state index contributed by atoms with van der Waals surface area (Å²) in [5.41, 5.74) is 3.74. The predicted molar refractivity (Wildman–Crippen MR) is 158 cm³/mol. The second-order valence-corrected chi connectivity index (χ2v) is 10.7. The number of methoxy groups -OCH3 is 1. The van der Waals surface area contributed by atoms with Gasteiger partial charge in [0.25, 0.3) is 5.91 Å². The number of esters is 1. The smallest absolute Gasteiger partial charge is 0.341 e. The van der Waals surface area contributed by atoms with Gasteiger partial charge in [0, 0.05) is 50.0 Å². The van der Waals surface area contributed by atoms with E-state index in [0.29, 0.717) is 40.9 Å². The summed E-state index contributed by atoms with van der Waals surface area (Å²) in [6, 6.07) is 9.47. The Hall–Kier alpha value is -3.74. The van der Waals surface area contributed by atoms with Crippen LogP contribution < -0.4 is 5.32 Å². The number of aliphatic imine (C=N–C) groups is 1. The van der Waals surface area contributed by atoms with Crippen molar-refractivity contribution >= 4 is 57.1 Å². The fourth-order valence-electron chi connectivity index (χ4n) is 4.09. The van der Waals surface area contributed by atoms with Gasteiger partial charge < -0.3 is 14.8 Å². The highest BCUT2D eigenvalue weighted by Crippen LogP contribution is 2.36. The fourth-order valence-corrected chi connectivity index (χ4v) is 5.89. The third-order valence-electron chi connectivity index (χ3n) is 5.93. The zero-order valence-electron chi connectivity index (χ0n) is 22.8. The number of rotatable bonds is 11. The number of anilines is 1. The number of thiophene rings is 1. The van der Waals surface area contributed by atoms with Crippen LogP contribution in [0.25, 0.3) is 17.2 Å². The molecular weight excluding hydrogens is 550 g/mol. The first-order chi connectivity index (χ1) is 19.3. The highest BCUT2D eigenvalue weighted by molar-refractivity contribution is 8.14. The second kappa shape index (κ2) is 13.6. The molecule has 2 aromatic heterocycles. The number of carbonyl (C=O) groups excluding carboxylic acids is 3. The van der Waals surface area contributed by atoms with Crippen molar-refractivity contribution in [2.24, 2.45) is 12.0 Å². The first kappa shape index (κ1) is 29.2. The van der Waals surface area contributed by atoms with Crippen LogP contribution in [0.2, 0.25) is 0 Å². The number of carbonyl (C=O) groups is 3. The number of aromatic nitrogens is 2. The largest absolute Gasteiger partial charge is 0.462 e. The van der Waals surface area contributed by atoms with Gasteiger partial charge in [-0.1, -0.05) is 42.1 Å². The minimum absolute atomic E-state index is 0.00702. The molecule has 0 atom stereocenters. The summed E-state index contributed by atoms with van der Waals surface area (Å²) in [4.78, 5) is 45.2. The van der Waals surface area contributed by atoms with E-state index in [-0.39, 0.29) is 29.9 Å². The van der Waals surface area contributed by atoms with E-state index in [9.17, 15) is 14.4 Å². The maximum atomic E-state index is 13.2. The molecule has 40 heavy (non-hydrogen) atoms. The fraction of sp³-hybridized carbons (Fsp3) is 0.321. The Balaban J connectivity index is 1.52. The van der Waals surface area contributed by atoms with Gasteiger partial charge in [0.2, 0.25) is 5.91 Å². The SMILES string of the molecule is CCOC(=O)c1c(-c2ccccc2)csc1NC(=O)CSC1=NC(=Cc2cn(C)nc2C)C(=O)N1CCCOC. The number of nitrogens with one attached hydrogen (secondary N) is 1. The van der Waals surface area contributed by atoms with Crippen molar-refractivity contribution in [3.05, 3.63) is 64.4 Å². The second-order valence-electron chi connectivity index (χ2n) is 8.85. The lowest BCUT2D eigenvalue weighted by Gasteiger charge is -2.17. The summed E-state index contributed by atoms with van der Waals surface area (Å²) in [5, 5.41) is 9.86. The molecule has 0 bridgehead atoms. The molecular formula is C28H31N5O5S2. The van der Waals surface area contributed by atoms with E-state index in [1.807, 2.05) is 55.9 Å². The standard InChI is InChI=1S/C28H31N5O5S2/c1-5-38-27(36)24-21(19-10-7-6-8-11-19)16-39-25(24)30-23(34)17-40-28-29-22(14-20-15-32(3)31-18(20)2)26(35)33(28)12-9-13-37-4/h6-8,10-11,14-16H,5,9,12-13,17H2,1-4H3,(H,30,34). The van der Waals surface area contributed by atoms with E-state index in [0.717, 1.165) is 28.6 Å². The molecule has 0 radical (unpaired) electrons. The number of hydrogen-bond acceptors (Lipinski definition) is 9. The number of ether oxygens (including phenoxy) is 2. The monoisotopic (exact) mass is 581 g/mol. The molecule has 1 aliphatic rings. The Morgan fingerprint density at radius 3 is 2.67 bits per heavy atom. The van der Waals surface area contributed by atoms with Gasteiger partial charge >= 0.3 is 5.97 Å². The van der Waals surface area contributed by atoms with Crippen LogP contribution in [0, 0.1) is 6.92 Å². The minimum Gasteiger partial charge on any atom is -0.462 e. The van der Waals surface area contributed by atoms with E-state index in [1.165, 1.54) is 11.3 Å². The molecule has 3 aromatic rings.